The topological polar surface area (TPSA) is 72.7 Å². The van der Waals surface area contributed by atoms with E-state index in [1.165, 1.54) is 62.4 Å². The van der Waals surface area contributed by atoms with Gasteiger partial charge in [-0.25, -0.2) is 9.78 Å². The maximum absolute atomic E-state index is 12.4. The van der Waals surface area contributed by atoms with Gasteiger partial charge in [-0.3, -0.25) is 14.3 Å². The third-order valence-electron chi connectivity index (χ3n) is 5.69. The number of thioether (sulfide) groups is 1. The van der Waals surface area contributed by atoms with Gasteiger partial charge in [-0.05, 0) is 12.8 Å². The molecule has 2 rings (SSSR count). The maximum Gasteiger partial charge on any atom is 0.329 e. The van der Waals surface area contributed by atoms with Gasteiger partial charge in [0, 0.05) is 19.3 Å². The fourth-order valence-electron chi connectivity index (χ4n) is 3.81. The maximum atomic E-state index is 12.4. The van der Waals surface area contributed by atoms with Gasteiger partial charge >= 0.3 is 5.69 Å². The molecule has 6 nitrogen and oxygen atoms in total. The largest absolute Gasteiger partial charge is 0.329 e. The van der Waals surface area contributed by atoms with E-state index < -0.39 is 5.69 Å². The molecule has 0 bridgehead atoms. The lowest BCUT2D eigenvalue weighted by molar-refractivity contribution is 0.562. The first-order valence-electron chi connectivity index (χ1n) is 11.9. The molecule has 0 aromatic carbocycles. The van der Waals surface area contributed by atoms with Crippen LogP contribution in [-0.2, 0) is 13.6 Å². The number of fused-ring (bicyclic) bond motifs is 1. The van der Waals surface area contributed by atoms with Crippen LogP contribution in [0.3, 0.4) is 0 Å². The zero-order valence-corrected chi connectivity index (χ0v) is 20.0. The van der Waals surface area contributed by atoms with E-state index in [-0.39, 0.29) is 5.56 Å². The van der Waals surface area contributed by atoms with Crippen molar-refractivity contribution >= 4 is 22.9 Å². The average Bonchev–Trinajstić information content (AvgIpc) is 3.09. The van der Waals surface area contributed by atoms with Crippen molar-refractivity contribution in [2.45, 2.75) is 109 Å². The SMILES string of the molecule is CCCCCCCCCCCCSc1nc2c(c(=O)[nH]c(=O)n2C)n1CCCCC. The molecule has 0 radical (unpaired) electrons. The average molecular weight is 437 g/mol. The van der Waals surface area contributed by atoms with Gasteiger partial charge in [0.15, 0.2) is 16.3 Å². The van der Waals surface area contributed by atoms with Crippen molar-refractivity contribution in [1.29, 1.82) is 0 Å². The molecule has 2 aromatic heterocycles. The summed E-state index contributed by atoms with van der Waals surface area (Å²) in [4.78, 5) is 31.5. The molecular formula is C23H40N4O2S. The molecule has 2 heterocycles. The predicted molar refractivity (Wildman–Crippen MR) is 128 cm³/mol. The minimum absolute atomic E-state index is 0.331. The Kier molecular flexibility index (Phi) is 11.3. The molecule has 0 aliphatic carbocycles. The third-order valence-corrected chi connectivity index (χ3v) is 6.75. The fraction of sp³-hybridized carbons (Fsp3) is 0.783. The molecule has 7 heteroatoms. The summed E-state index contributed by atoms with van der Waals surface area (Å²) in [5.74, 6) is 0.999. The second-order valence-corrected chi connectivity index (χ2v) is 9.34. The van der Waals surface area contributed by atoms with Gasteiger partial charge in [0.25, 0.3) is 5.56 Å². The van der Waals surface area contributed by atoms with Crippen molar-refractivity contribution in [3.05, 3.63) is 20.8 Å². The van der Waals surface area contributed by atoms with Gasteiger partial charge in [-0.15, -0.1) is 0 Å². The van der Waals surface area contributed by atoms with E-state index >= 15 is 0 Å². The standard InChI is InChI=1S/C23H40N4O2S/c1-4-6-8-9-10-11-12-13-14-16-18-30-23-24-20-19(27(23)17-15-7-5-2)21(28)25-22(29)26(20)3/h4-18H2,1-3H3,(H,25,28,29). The highest BCUT2D eigenvalue weighted by Gasteiger charge is 2.17. The van der Waals surface area contributed by atoms with Crippen LogP contribution in [0.15, 0.2) is 14.7 Å². The van der Waals surface area contributed by atoms with Gasteiger partial charge < -0.3 is 4.57 Å². The first-order chi connectivity index (χ1) is 14.6. The van der Waals surface area contributed by atoms with Crippen LogP contribution in [0.2, 0.25) is 0 Å². The Balaban J connectivity index is 1.87. The number of nitrogens with one attached hydrogen (secondary N) is 1. The van der Waals surface area contributed by atoms with Crippen LogP contribution in [0.25, 0.3) is 11.2 Å². The van der Waals surface area contributed by atoms with E-state index in [0.29, 0.717) is 11.2 Å². The normalized spacial score (nSPS) is 11.6. The van der Waals surface area contributed by atoms with E-state index in [2.05, 4.69) is 23.8 Å². The van der Waals surface area contributed by atoms with Crippen LogP contribution < -0.4 is 11.2 Å². The molecule has 0 aliphatic heterocycles. The lowest BCUT2D eigenvalue weighted by Gasteiger charge is -2.08. The lowest BCUT2D eigenvalue weighted by Crippen LogP contribution is -2.29. The molecule has 0 amide bonds. The Morgan fingerprint density at radius 1 is 0.833 bits per heavy atom. The number of nitrogens with zero attached hydrogens (tertiary/aromatic N) is 3. The summed E-state index contributed by atoms with van der Waals surface area (Å²) >= 11 is 1.72. The lowest BCUT2D eigenvalue weighted by atomic mass is 10.1. The van der Waals surface area contributed by atoms with Crippen LogP contribution in [0, 0.1) is 0 Å². The number of hydrogen-bond acceptors (Lipinski definition) is 4. The van der Waals surface area contributed by atoms with Gasteiger partial charge in [0.2, 0.25) is 0 Å². The first kappa shape index (κ1) is 24.8. The molecule has 0 saturated carbocycles. The number of aromatic amines is 1. The Morgan fingerprint density at radius 2 is 1.40 bits per heavy atom. The molecular weight excluding hydrogens is 396 g/mol. The minimum atomic E-state index is -0.406. The van der Waals surface area contributed by atoms with Gasteiger partial charge in [-0.2, -0.15) is 0 Å². The summed E-state index contributed by atoms with van der Waals surface area (Å²) < 4.78 is 3.46. The molecule has 2 aromatic rings. The van der Waals surface area contributed by atoms with Crippen LogP contribution in [0.4, 0.5) is 0 Å². The molecule has 0 spiro atoms. The number of aryl methyl sites for hydroxylation is 2. The summed E-state index contributed by atoms with van der Waals surface area (Å²) in [5, 5.41) is 0.865. The highest BCUT2D eigenvalue weighted by atomic mass is 32.2. The zero-order valence-electron chi connectivity index (χ0n) is 19.2. The van der Waals surface area contributed by atoms with Gasteiger partial charge in [0.05, 0.1) is 0 Å². The summed E-state index contributed by atoms with van der Waals surface area (Å²) in [6.07, 6.45) is 16.5. The summed E-state index contributed by atoms with van der Waals surface area (Å²) in [6.45, 7) is 5.20. The van der Waals surface area contributed by atoms with E-state index in [4.69, 9.17) is 0 Å². The van der Waals surface area contributed by atoms with E-state index in [9.17, 15) is 9.59 Å². The minimum Gasteiger partial charge on any atom is -0.313 e. The summed E-state index contributed by atoms with van der Waals surface area (Å²) in [5.41, 5.74) is 0.282. The molecule has 0 aliphatic rings. The van der Waals surface area contributed by atoms with E-state index in [1.807, 2.05) is 4.57 Å². The number of hydrogen-bond donors (Lipinski definition) is 1. The van der Waals surface area contributed by atoms with Crippen molar-refractivity contribution < 1.29 is 0 Å². The Morgan fingerprint density at radius 3 is 2.03 bits per heavy atom. The van der Waals surface area contributed by atoms with Gasteiger partial charge in [-0.1, -0.05) is 96.2 Å². The van der Waals surface area contributed by atoms with E-state index in [1.54, 1.807) is 18.8 Å². The molecule has 30 heavy (non-hydrogen) atoms. The van der Waals surface area contributed by atoms with Crippen LogP contribution >= 0.6 is 11.8 Å². The Labute approximate surface area is 184 Å². The number of unbranched alkanes of at least 4 members (excludes halogenated alkanes) is 11. The van der Waals surface area contributed by atoms with E-state index in [0.717, 1.165) is 43.1 Å². The first-order valence-corrected chi connectivity index (χ1v) is 12.9. The molecule has 0 saturated heterocycles. The molecule has 0 unspecified atom stereocenters. The third kappa shape index (κ3) is 7.33. The smallest absolute Gasteiger partial charge is 0.313 e. The number of aromatic nitrogens is 4. The quantitative estimate of drug-likeness (QED) is 0.273. The monoisotopic (exact) mass is 436 g/mol. The molecule has 1 N–H and O–H groups in total. The Bertz CT molecular complexity index is 868. The van der Waals surface area contributed by atoms with Crippen molar-refractivity contribution in [1.82, 2.24) is 19.1 Å². The number of H-pyrrole nitrogens is 1. The highest BCUT2D eigenvalue weighted by Crippen LogP contribution is 2.24. The number of imidazole rings is 1. The number of rotatable bonds is 16. The predicted octanol–water partition coefficient (Wildman–Crippen LogP) is 5.63. The second-order valence-electron chi connectivity index (χ2n) is 8.27. The van der Waals surface area contributed by atoms with Gasteiger partial charge in [0.1, 0.15) is 0 Å². The highest BCUT2D eigenvalue weighted by molar-refractivity contribution is 7.99. The van der Waals surface area contributed by atoms with Crippen LogP contribution in [-0.4, -0.2) is 24.9 Å². The molecule has 0 fully saturated rings. The fourth-order valence-corrected chi connectivity index (χ4v) is 4.83. The molecule has 0 atom stereocenters. The van der Waals surface area contributed by atoms with Crippen molar-refractivity contribution in [2.24, 2.45) is 7.05 Å². The second kappa shape index (κ2) is 13.7. The summed E-state index contributed by atoms with van der Waals surface area (Å²) in [6, 6.07) is 0. The van der Waals surface area contributed by atoms with Crippen LogP contribution in [0.1, 0.15) is 97.3 Å². The van der Waals surface area contributed by atoms with Crippen molar-refractivity contribution in [2.75, 3.05) is 5.75 Å². The van der Waals surface area contributed by atoms with Crippen molar-refractivity contribution in [3.63, 3.8) is 0 Å². The van der Waals surface area contributed by atoms with Crippen molar-refractivity contribution in [3.8, 4) is 0 Å². The summed E-state index contributed by atoms with van der Waals surface area (Å²) in [7, 11) is 1.67. The van der Waals surface area contributed by atoms with Crippen LogP contribution in [0.5, 0.6) is 0 Å². The molecule has 170 valence electrons. The zero-order chi connectivity index (χ0) is 21.8. The Hall–Kier alpha value is -1.50.